The van der Waals surface area contributed by atoms with Gasteiger partial charge in [-0.2, -0.15) is 22.0 Å². The Morgan fingerprint density at radius 2 is 1.70 bits per heavy atom. The van der Waals surface area contributed by atoms with Gasteiger partial charge >= 0.3 is 12.1 Å². The third-order valence-corrected chi connectivity index (χ3v) is 2.76. The molecule has 0 aromatic heterocycles. The molecule has 20 heavy (non-hydrogen) atoms. The van der Waals surface area contributed by atoms with E-state index in [0.717, 1.165) is 12.1 Å². The number of rotatable bonds is 4. The Morgan fingerprint density at radius 1 is 1.15 bits per heavy atom. The number of carbonyl (C=O) groups excluding carboxylic acids is 1. The van der Waals surface area contributed by atoms with Crippen molar-refractivity contribution in [3.05, 3.63) is 29.3 Å². The van der Waals surface area contributed by atoms with Crippen LogP contribution in [0.25, 0.3) is 0 Å². The number of ketones is 1. The Balaban J connectivity index is 3.28. The van der Waals surface area contributed by atoms with Gasteiger partial charge in [-0.25, -0.2) is 0 Å². The SMILES string of the molecule is COc1ccc(C(=O)C(F)(F)C(F)(F)F)cc1C(C)C. The molecule has 0 heterocycles. The Kier molecular flexibility index (Phi) is 4.41. The molecule has 0 spiro atoms. The Labute approximate surface area is 112 Å². The summed E-state index contributed by atoms with van der Waals surface area (Å²) in [5.41, 5.74) is -0.312. The lowest BCUT2D eigenvalue weighted by molar-refractivity contribution is -0.255. The maximum atomic E-state index is 13.0. The summed E-state index contributed by atoms with van der Waals surface area (Å²) in [5, 5.41) is 0. The molecule has 7 heteroatoms. The van der Waals surface area contributed by atoms with Crippen molar-refractivity contribution >= 4 is 5.78 Å². The lowest BCUT2D eigenvalue weighted by Gasteiger charge is -2.19. The van der Waals surface area contributed by atoms with Crippen molar-refractivity contribution in [3.8, 4) is 5.75 Å². The minimum Gasteiger partial charge on any atom is -0.496 e. The zero-order valence-corrected chi connectivity index (χ0v) is 11.0. The molecule has 0 fully saturated rings. The van der Waals surface area contributed by atoms with Gasteiger partial charge in [0.2, 0.25) is 5.78 Å². The first kappa shape index (κ1) is 16.4. The minimum absolute atomic E-state index is 0.197. The van der Waals surface area contributed by atoms with Crippen molar-refractivity contribution < 1.29 is 31.5 Å². The first-order valence-electron chi connectivity index (χ1n) is 5.69. The Hall–Kier alpha value is -1.66. The number of halogens is 5. The van der Waals surface area contributed by atoms with Crippen molar-refractivity contribution in [2.45, 2.75) is 31.9 Å². The molecule has 0 aliphatic heterocycles. The Bertz CT molecular complexity index is 506. The summed E-state index contributed by atoms with van der Waals surface area (Å²) >= 11 is 0. The van der Waals surface area contributed by atoms with Gasteiger partial charge in [-0.05, 0) is 29.7 Å². The molecule has 0 aliphatic rings. The average Bonchev–Trinajstić information content (AvgIpc) is 2.35. The van der Waals surface area contributed by atoms with Crippen LogP contribution in [0.3, 0.4) is 0 Å². The van der Waals surface area contributed by atoms with Crippen molar-refractivity contribution in [3.63, 3.8) is 0 Å². The second-order valence-corrected chi connectivity index (χ2v) is 4.51. The van der Waals surface area contributed by atoms with Crippen LogP contribution < -0.4 is 4.74 Å². The van der Waals surface area contributed by atoms with E-state index >= 15 is 0 Å². The molecule has 0 amide bonds. The predicted octanol–water partition coefficient (Wildman–Crippen LogP) is 4.20. The number of hydrogen-bond acceptors (Lipinski definition) is 2. The van der Waals surface area contributed by atoms with Crippen LogP contribution in [0.15, 0.2) is 18.2 Å². The van der Waals surface area contributed by atoms with Gasteiger partial charge in [-0.15, -0.1) is 0 Å². The molecule has 0 saturated heterocycles. The molecular formula is C13H13F5O2. The van der Waals surface area contributed by atoms with Crippen LogP contribution in [0.2, 0.25) is 0 Å². The van der Waals surface area contributed by atoms with Gasteiger partial charge in [-0.3, -0.25) is 4.79 Å². The number of Topliss-reactive ketones (excluding diaryl/α,β-unsaturated/α-hetero) is 1. The lowest BCUT2D eigenvalue weighted by Crippen LogP contribution is -2.44. The smallest absolute Gasteiger partial charge is 0.461 e. The van der Waals surface area contributed by atoms with E-state index in [-0.39, 0.29) is 5.92 Å². The first-order valence-corrected chi connectivity index (χ1v) is 5.69. The standard InChI is InChI=1S/C13H13F5O2/c1-7(2)9-6-8(4-5-10(9)20-3)11(19)12(14,15)13(16,17)18/h4-7H,1-3H3. The number of hydrogen-bond donors (Lipinski definition) is 0. The largest absolute Gasteiger partial charge is 0.496 e. The first-order chi connectivity index (χ1) is 9.02. The molecule has 1 aromatic rings. The van der Waals surface area contributed by atoms with Gasteiger partial charge in [-0.1, -0.05) is 13.8 Å². The molecule has 0 N–H and O–H groups in total. The Morgan fingerprint density at radius 3 is 2.10 bits per heavy atom. The highest BCUT2D eigenvalue weighted by molar-refractivity contribution is 6.02. The molecule has 1 aromatic carbocycles. The molecule has 0 saturated carbocycles. The summed E-state index contributed by atoms with van der Waals surface area (Å²) < 4.78 is 67.5. The number of alkyl halides is 5. The van der Waals surface area contributed by atoms with Crippen LogP contribution in [0.5, 0.6) is 5.75 Å². The number of methoxy groups -OCH3 is 1. The highest BCUT2D eigenvalue weighted by Crippen LogP contribution is 2.39. The summed E-state index contributed by atoms with van der Waals surface area (Å²) in [4.78, 5) is 11.4. The van der Waals surface area contributed by atoms with Gasteiger partial charge in [0.25, 0.3) is 0 Å². The minimum atomic E-state index is -5.91. The maximum Gasteiger partial charge on any atom is 0.461 e. The van der Waals surface area contributed by atoms with E-state index < -0.39 is 23.4 Å². The van der Waals surface area contributed by atoms with E-state index in [9.17, 15) is 26.7 Å². The van der Waals surface area contributed by atoms with E-state index in [0.29, 0.717) is 11.3 Å². The maximum absolute atomic E-state index is 13.0. The van der Waals surface area contributed by atoms with E-state index in [1.807, 2.05) is 0 Å². The molecular weight excluding hydrogens is 283 g/mol. The summed E-state index contributed by atoms with van der Waals surface area (Å²) in [6.45, 7) is 3.40. The fourth-order valence-electron chi connectivity index (χ4n) is 1.64. The van der Waals surface area contributed by atoms with Crippen LogP contribution >= 0.6 is 0 Å². The van der Waals surface area contributed by atoms with Gasteiger partial charge in [0.05, 0.1) is 7.11 Å². The molecule has 112 valence electrons. The van der Waals surface area contributed by atoms with E-state index in [1.165, 1.54) is 13.2 Å². The van der Waals surface area contributed by atoms with Gasteiger partial charge in [0, 0.05) is 5.56 Å². The summed E-state index contributed by atoms with van der Waals surface area (Å²) in [7, 11) is 1.34. The second-order valence-electron chi connectivity index (χ2n) is 4.51. The summed E-state index contributed by atoms with van der Waals surface area (Å²) in [6.07, 6.45) is -5.91. The molecule has 0 aliphatic carbocycles. The van der Waals surface area contributed by atoms with E-state index in [2.05, 4.69) is 0 Å². The van der Waals surface area contributed by atoms with Gasteiger partial charge < -0.3 is 4.74 Å². The molecule has 0 bridgehead atoms. The third-order valence-electron chi connectivity index (χ3n) is 2.76. The summed E-state index contributed by atoms with van der Waals surface area (Å²) in [5.74, 6) is -7.55. The van der Waals surface area contributed by atoms with Crippen molar-refractivity contribution in [2.24, 2.45) is 0 Å². The normalized spacial score (nSPS) is 12.7. The number of carbonyl (C=O) groups is 1. The molecule has 2 nitrogen and oxygen atoms in total. The van der Waals surface area contributed by atoms with Crippen LogP contribution in [-0.2, 0) is 0 Å². The molecule has 0 atom stereocenters. The van der Waals surface area contributed by atoms with E-state index in [1.54, 1.807) is 13.8 Å². The summed E-state index contributed by atoms with van der Waals surface area (Å²) in [6, 6.07) is 3.10. The average molecular weight is 296 g/mol. The monoisotopic (exact) mass is 296 g/mol. The van der Waals surface area contributed by atoms with Crippen molar-refractivity contribution in [1.82, 2.24) is 0 Å². The quantitative estimate of drug-likeness (QED) is 0.615. The lowest BCUT2D eigenvalue weighted by atomic mass is 9.96. The van der Waals surface area contributed by atoms with Crippen LogP contribution in [0.4, 0.5) is 22.0 Å². The topological polar surface area (TPSA) is 26.3 Å². The van der Waals surface area contributed by atoms with Crippen molar-refractivity contribution in [1.29, 1.82) is 0 Å². The third kappa shape index (κ3) is 2.91. The van der Waals surface area contributed by atoms with Crippen LogP contribution in [0, 0.1) is 0 Å². The highest BCUT2D eigenvalue weighted by Gasteiger charge is 2.63. The zero-order valence-electron chi connectivity index (χ0n) is 11.0. The molecule has 0 unspecified atom stereocenters. The molecule has 1 rings (SSSR count). The van der Waals surface area contributed by atoms with Crippen LogP contribution in [-0.4, -0.2) is 25.0 Å². The zero-order chi connectivity index (χ0) is 15.7. The number of benzene rings is 1. The fraction of sp³-hybridized carbons (Fsp3) is 0.462. The second kappa shape index (κ2) is 5.38. The fourth-order valence-corrected chi connectivity index (χ4v) is 1.64. The van der Waals surface area contributed by atoms with Crippen molar-refractivity contribution in [2.75, 3.05) is 7.11 Å². The highest BCUT2D eigenvalue weighted by atomic mass is 19.4. The predicted molar refractivity (Wildman–Crippen MR) is 62.4 cm³/mol. The molecule has 0 radical (unpaired) electrons. The van der Waals surface area contributed by atoms with E-state index in [4.69, 9.17) is 4.74 Å². The van der Waals surface area contributed by atoms with Crippen LogP contribution in [0.1, 0.15) is 35.7 Å². The van der Waals surface area contributed by atoms with Gasteiger partial charge in [0.1, 0.15) is 5.75 Å². The van der Waals surface area contributed by atoms with Gasteiger partial charge in [0.15, 0.2) is 0 Å². The number of ether oxygens (including phenoxy) is 1.